The van der Waals surface area contributed by atoms with E-state index in [0.717, 1.165) is 17.7 Å². The summed E-state index contributed by atoms with van der Waals surface area (Å²) in [5, 5.41) is 14.2. The summed E-state index contributed by atoms with van der Waals surface area (Å²) in [6.07, 6.45) is 5.32. The lowest BCUT2D eigenvalue weighted by Crippen LogP contribution is -2.46. The van der Waals surface area contributed by atoms with Gasteiger partial charge in [0.15, 0.2) is 0 Å². The number of nitrogens with one attached hydrogen (secondary N) is 2. The summed E-state index contributed by atoms with van der Waals surface area (Å²) in [5.74, 6) is 0.677. The van der Waals surface area contributed by atoms with Crippen LogP contribution in [0.4, 0.5) is 0 Å². The molecule has 0 aromatic heterocycles. The highest BCUT2D eigenvalue weighted by molar-refractivity contribution is 7.97. The van der Waals surface area contributed by atoms with Gasteiger partial charge in [0.05, 0.1) is 6.10 Å². The van der Waals surface area contributed by atoms with Crippen molar-refractivity contribution >= 4 is 11.9 Å². The Morgan fingerprint density at radius 1 is 0.914 bits per heavy atom. The number of hydrogen-bond acceptors (Lipinski definition) is 4. The van der Waals surface area contributed by atoms with E-state index in [0.29, 0.717) is 19.0 Å². The maximum absolute atomic E-state index is 10.6. The van der Waals surface area contributed by atoms with Crippen LogP contribution in [0.3, 0.4) is 0 Å². The minimum Gasteiger partial charge on any atom is -0.390 e. The molecule has 4 heteroatoms. The molecule has 0 heterocycles. The predicted molar refractivity (Wildman–Crippen MR) is 150 cm³/mol. The van der Waals surface area contributed by atoms with E-state index in [9.17, 15) is 5.11 Å². The van der Waals surface area contributed by atoms with Gasteiger partial charge in [0, 0.05) is 23.5 Å². The first-order valence-corrected chi connectivity index (χ1v) is 13.8. The number of β-amino-alcohol motifs (C(OH)–C–C–N with tert-alkyl or cyclic N) is 1. The van der Waals surface area contributed by atoms with E-state index in [4.69, 9.17) is 0 Å². The zero-order valence-electron chi connectivity index (χ0n) is 21.4. The molecule has 3 aromatic rings. The molecule has 4 rings (SSSR count). The van der Waals surface area contributed by atoms with Gasteiger partial charge in [0.2, 0.25) is 0 Å². The predicted octanol–water partition coefficient (Wildman–Crippen LogP) is 6.44. The summed E-state index contributed by atoms with van der Waals surface area (Å²) in [6.45, 7) is 7.85. The lowest BCUT2D eigenvalue weighted by Gasteiger charge is -2.30. The summed E-state index contributed by atoms with van der Waals surface area (Å²) in [6, 6.07) is 26.3. The standard InChI is InChI=1S/C31H40N2OS/c1-4-8-23-13-15-25(16-14-23)28-11-7-12-30(19-28)35-33-22-29(34)21-32-31(2,3)20-24-17-26-9-5-6-10-27(26)18-24/h5-7,9-16,19,24,29,32-34H,4,8,17-18,20-22H2,1-3H3. The normalized spacial score (nSPS) is 14.7. The first-order chi connectivity index (χ1) is 16.9. The van der Waals surface area contributed by atoms with Gasteiger partial charge in [0.1, 0.15) is 0 Å². The Morgan fingerprint density at radius 3 is 2.31 bits per heavy atom. The smallest absolute Gasteiger partial charge is 0.0798 e. The van der Waals surface area contributed by atoms with Crippen LogP contribution < -0.4 is 10.0 Å². The molecule has 0 aliphatic heterocycles. The number of aliphatic hydroxyl groups excluding tert-OH is 1. The van der Waals surface area contributed by atoms with Crippen molar-refractivity contribution in [3.05, 3.63) is 89.5 Å². The maximum Gasteiger partial charge on any atom is 0.0798 e. The second-order valence-electron chi connectivity index (χ2n) is 10.6. The highest BCUT2D eigenvalue weighted by Crippen LogP contribution is 2.32. The minimum atomic E-state index is -0.433. The minimum absolute atomic E-state index is 0.00183. The molecule has 35 heavy (non-hydrogen) atoms. The van der Waals surface area contributed by atoms with E-state index in [-0.39, 0.29) is 5.54 Å². The second-order valence-corrected chi connectivity index (χ2v) is 11.6. The molecule has 1 aliphatic rings. The van der Waals surface area contributed by atoms with Gasteiger partial charge in [-0.15, -0.1) is 0 Å². The quantitative estimate of drug-likeness (QED) is 0.257. The molecule has 1 atom stereocenters. The van der Waals surface area contributed by atoms with Crippen LogP contribution in [0.1, 0.15) is 50.3 Å². The average molecular weight is 489 g/mol. The fourth-order valence-corrected chi connectivity index (χ4v) is 5.94. The Morgan fingerprint density at radius 2 is 1.63 bits per heavy atom. The molecule has 0 saturated heterocycles. The number of hydrogen-bond donors (Lipinski definition) is 3. The lowest BCUT2D eigenvalue weighted by molar-refractivity contribution is 0.157. The van der Waals surface area contributed by atoms with Crippen LogP contribution in [0.15, 0.2) is 77.7 Å². The zero-order valence-corrected chi connectivity index (χ0v) is 22.2. The molecular weight excluding hydrogens is 448 g/mol. The molecule has 0 amide bonds. The fourth-order valence-electron chi connectivity index (χ4n) is 5.17. The second kappa shape index (κ2) is 12.2. The molecule has 0 bridgehead atoms. The maximum atomic E-state index is 10.6. The number of rotatable bonds is 12. The van der Waals surface area contributed by atoms with Crippen molar-refractivity contribution < 1.29 is 5.11 Å². The highest BCUT2D eigenvalue weighted by atomic mass is 32.2. The van der Waals surface area contributed by atoms with E-state index in [1.807, 2.05) is 0 Å². The van der Waals surface area contributed by atoms with Crippen LogP contribution in [-0.4, -0.2) is 29.8 Å². The zero-order chi connectivity index (χ0) is 24.7. The van der Waals surface area contributed by atoms with Gasteiger partial charge in [-0.05, 0) is 97.3 Å². The first kappa shape index (κ1) is 26.0. The molecule has 0 spiro atoms. The van der Waals surface area contributed by atoms with Crippen LogP contribution in [0.2, 0.25) is 0 Å². The topological polar surface area (TPSA) is 44.3 Å². The van der Waals surface area contributed by atoms with Gasteiger partial charge < -0.3 is 10.4 Å². The molecule has 3 N–H and O–H groups in total. The van der Waals surface area contributed by atoms with Crippen molar-refractivity contribution in [3.8, 4) is 11.1 Å². The van der Waals surface area contributed by atoms with Crippen molar-refractivity contribution in [1.82, 2.24) is 10.0 Å². The molecular formula is C31H40N2OS. The van der Waals surface area contributed by atoms with Crippen LogP contribution in [-0.2, 0) is 19.3 Å². The molecule has 0 radical (unpaired) electrons. The third-order valence-corrected chi connectivity index (χ3v) is 7.72. The van der Waals surface area contributed by atoms with Crippen molar-refractivity contribution in [2.45, 2.75) is 69.4 Å². The number of fused-ring (bicyclic) bond motifs is 1. The van der Waals surface area contributed by atoms with Crippen LogP contribution >= 0.6 is 11.9 Å². The molecule has 3 aromatic carbocycles. The third kappa shape index (κ3) is 7.68. The van der Waals surface area contributed by atoms with Gasteiger partial charge in [-0.25, -0.2) is 0 Å². The Bertz CT molecular complexity index is 1050. The number of benzene rings is 3. The number of aliphatic hydroxyl groups is 1. The van der Waals surface area contributed by atoms with E-state index < -0.39 is 6.10 Å². The largest absolute Gasteiger partial charge is 0.390 e. The summed E-state index contributed by atoms with van der Waals surface area (Å²) < 4.78 is 3.35. The molecule has 1 aliphatic carbocycles. The van der Waals surface area contributed by atoms with Gasteiger partial charge >= 0.3 is 0 Å². The van der Waals surface area contributed by atoms with Crippen LogP contribution in [0.5, 0.6) is 0 Å². The van der Waals surface area contributed by atoms with Crippen LogP contribution in [0.25, 0.3) is 11.1 Å². The van der Waals surface area contributed by atoms with Crippen molar-refractivity contribution in [1.29, 1.82) is 0 Å². The Labute approximate surface area is 215 Å². The average Bonchev–Trinajstić information content (AvgIpc) is 3.25. The highest BCUT2D eigenvalue weighted by Gasteiger charge is 2.28. The summed E-state index contributed by atoms with van der Waals surface area (Å²) in [7, 11) is 0. The Balaban J connectivity index is 1.19. The Hall–Kier alpha value is -2.11. The summed E-state index contributed by atoms with van der Waals surface area (Å²) in [5.41, 5.74) is 6.87. The Kier molecular flexibility index (Phi) is 9.07. The monoisotopic (exact) mass is 488 g/mol. The van der Waals surface area contributed by atoms with Crippen molar-refractivity contribution in [2.24, 2.45) is 5.92 Å². The van der Waals surface area contributed by atoms with Crippen molar-refractivity contribution in [3.63, 3.8) is 0 Å². The van der Waals surface area contributed by atoms with Gasteiger partial charge in [0.25, 0.3) is 0 Å². The van der Waals surface area contributed by atoms with E-state index in [1.165, 1.54) is 47.1 Å². The lowest BCUT2D eigenvalue weighted by atomic mass is 9.88. The summed E-state index contributed by atoms with van der Waals surface area (Å²) in [4.78, 5) is 1.15. The van der Waals surface area contributed by atoms with Crippen molar-refractivity contribution in [2.75, 3.05) is 13.1 Å². The van der Waals surface area contributed by atoms with Gasteiger partial charge in [-0.1, -0.05) is 74.0 Å². The van der Waals surface area contributed by atoms with Gasteiger partial charge in [-0.2, -0.15) is 0 Å². The van der Waals surface area contributed by atoms with Gasteiger partial charge in [-0.3, -0.25) is 4.72 Å². The van der Waals surface area contributed by atoms with E-state index in [1.54, 1.807) is 11.9 Å². The molecule has 3 nitrogen and oxygen atoms in total. The van der Waals surface area contributed by atoms with E-state index >= 15 is 0 Å². The molecule has 0 fully saturated rings. The molecule has 0 saturated carbocycles. The van der Waals surface area contributed by atoms with E-state index in [2.05, 4.69) is 104 Å². The molecule has 186 valence electrons. The first-order valence-electron chi connectivity index (χ1n) is 13.0. The SMILES string of the molecule is CCCc1ccc(-c2cccc(SNCC(O)CNC(C)(C)CC3Cc4ccccc4C3)c2)cc1. The fraction of sp³-hybridized carbons (Fsp3) is 0.419. The molecule has 1 unspecified atom stereocenters. The third-order valence-electron chi connectivity index (χ3n) is 6.92. The number of aryl methyl sites for hydroxylation is 1. The summed E-state index contributed by atoms with van der Waals surface area (Å²) >= 11 is 1.58. The van der Waals surface area contributed by atoms with Crippen LogP contribution in [0, 0.1) is 5.92 Å².